The normalized spacial score (nSPS) is 13.0. The van der Waals surface area contributed by atoms with Gasteiger partial charge in [0.2, 0.25) is 0 Å². The number of rotatable bonds is 8. The number of hydrogen-bond donors (Lipinski definition) is 3. The number of carboxylic acid groups (broad SMARTS) is 1. The summed E-state index contributed by atoms with van der Waals surface area (Å²) >= 11 is 0. The van der Waals surface area contributed by atoms with Gasteiger partial charge >= 0.3 is 12.1 Å². The summed E-state index contributed by atoms with van der Waals surface area (Å²) in [4.78, 5) is 36.1. The van der Waals surface area contributed by atoms with E-state index in [1.807, 2.05) is 36.4 Å². The average Bonchev–Trinajstić information content (AvgIpc) is 3.33. The quantitative estimate of drug-likeness (QED) is 0.470. The number of aliphatic carboxylic acids is 1. The van der Waals surface area contributed by atoms with E-state index in [0.29, 0.717) is 0 Å². The van der Waals surface area contributed by atoms with Crippen LogP contribution >= 0.6 is 0 Å². The monoisotopic (exact) mass is 462 g/mol. The van der Waals surface area contributed by atoms with Crippen LogP contribution in [0.25, 0.3) is 11.1 Å². The molecule has 1 heterocycles. The van der Waals surface area contributed by atoms with E-state index in [0.717, 1.165) is 22.3 Å². The summed E-state index contributed by atoms with van der Waals surface area (Å²) in [7, 11) is 1.58. The van der Waals surface area contributed by atoms with Crippen LogP contribution in [0.2, 0.25) is 0 Å². The number of nitrogens with one attached hydrogen (secondary N) is 2. The summed E-state index contributed by atoms with van der Waals surface area (Å²) in [5.41, 5.74) is 4.84. The Labute approximate surface area is 196 Å². The summed E-state index contributed by atoms with van der Waals surface area (Å²) in [6.45, 7) is 2.06. The molecule has 4 rings (SSSR count). The summed E-state index contributed by atoms with van der Waals surface area (Å²) in [5, 5.41) is 18.2. The lowest BCUT2D eigenvalue weighted by atomic mass is 9.98. The van der Waals surface area contributed by atoms with Crippen LogP contribution in [0.15, 0.2) is 54.7 Å². The predicted molar refractivity (Wildman–Crippen MR) is 126 cm³/mol. The number of carbonyl (C=O) groups excluding carboxylic acids is 2. The third kappa shape index (κ3) is 4.78. The van der Waals surface area contributed by atoms with Gasteiger partial charge in [0.15, 0.2) is 0 Å². The van der Waals surface area contributed by atoms with Gasteiger partial charge in [-0.3, -0.25) is 19.6 Å². The maximum atomic E-state index is 12.6. The summed E-state index contributed by atoms with van der Waals surface area (Å²) < 4.78 is 6.89. The molecular formula is C25H26N4O5. The Morgan fingerprint density at radius 3 is 2.32 bits per heavy atom. The Morgan fingerprint density at radius 1 is 1.09 bits per heavy atom. The van der Waals surface area contributed by atoms with Crippen molar-refractivity contribution in [3.63, 3.8) is 0 Å². The maximum Gasteiger partial charge on any atom is 0.411 e. The molecule has 176 valence electrons. The topological polar surface area (TPSA) is 123 Å². The molecular weight excluding hydrogens is 436 g/mol. The van der Waals surface area contributed by atoms with Gasteiger partial charge in [0.1, 0.15) is 12.3 Å². The fourth-order valence-corrected chi connectivity index (χ4v) is 4.26. The Bertz CT molecular complexity index is 1190. The predicted octanol–water partition coefficient (Wildman–Crippen LogP) is 3.62. The fourth-order valence-electron chi connectivity index (χ4n) is 4.26. The molecule has 1 atom stereocenters. The number of fused-ring (bicyclic) bond motifs is 3. The minimum atomic E-state index is -0.931. The van der Waals surface area contributed by atoms with Gasteiger partial charge in [-0.15, -0.1) is 0 Å². The smallest absolute Gasteiger partial charge is 0.411 e. The van der Waals surface area contributed by atoms with Crippen LogP contribution in [-0.2, 0) is 16.6 Å². The molecule has 9 heteroatoms. The SMILES string of the molecule is CC(CNC(=O)c1c(NC(=O)OCC2c3ccccc3-c3ccccc32)cnn1C)CC(=O)O. The number of hydrogen-bond acceptors (Lipinski definition) is 5. The van der Waals surface area contributed by atoms with Crippen LogP contribution in [-0.4, -0.2) is 46.0 Å². The molecule has 2 amide bonds. The van der Waals surface area contributed by atoms with E-state index in [1.165, 1.54) is 10.9 Å². The van der Waals surface area contributed by atoms with E-state index in [4.69, 9.17) is 9.84 Å². The largest absolute Gasteiger partial charge is 0.481 e. The number of carboxylic acids is 1. The minimum absolute atomic E-state index is 0.0590. The van der Waals surface area contributed by atoms with Crippen LogP contribution in [0.5, 0.6) is 0 Å². The van der Waals surface area contributed by atoms with Crippen LogP contribution in [0, 0.1) is 5.92 Å². The molecule has 0 bridgehead atoms. The molecule has 3 N–H and O–H groups in total. The van der Waals surface area contributed by atoms with Crippen LogP contribution < -0.4 is 10.6 Å². The first-order valence-electron chi connectivity index (χ1n) is 11.0. The van der Waals surface area contributed by atoms with Crippen molar-refractivity contribution in [2.45, 2.75) is 19.3 Å². The van der Waals surface area contributed by atoms with E-state index < -0.39 is 18.0 Å². The van der Waals surface area contributed by atoms with Crippen molar-refractivity contribution in [3.8, 4) is 11.1 Å². The van der Waals surface area contributed by atoms with Gasteiger partial charge in [-0.1, -0.05) is 55.5 Å². The lowest BCUT2D eigenvalue weighted by molar-refractivity contribution is -0.137. The number of aryl methyl sites for hydroxylation is 1. The van der Waals surface area contributed by atoms with E-state index in [9.17, 15) is 14.4 Å². The average molecular weight is 463 g/mol. The zero-order valence-corrected chi connectivity index (χ0v) is 18.9. The molecule has 0 saturated heterocycles. The van der Waals surface area contributed by atoms with Gasteiger partial charge in [-0.05, 0) is 28.2 Å². The van der Waals surface area contributed by atoms with E-state index in [2.05, 4.69) is 27.9 Å². The Morgan fingerprint density at radius 2 is 1.71 bits per heavy atom. The van der Waals surface area contributed by atoms with Crippen molar-refractivity contribution in [1.29, 1.82) is 0 Å². The first kappa shape index (κ1) is 23.0. The number of carbonyl (C=O) groups is 3. The highest BCUT2D eigenvalue weighted by Crippen LogP contribution is 2.44. The summed E-state index contributed by atoms with van der Waals surface area (Å²) in [6.07, 6.45) is 0.622. The zero-order valence-electron chi connectivity index (χ0n) is 18.9. The van der Waals surface area contributed by atoms with Gasteiger partial charge in [0, 0.05) is 25.9 Å². The highest BCUT2D eigenvalue weighted by molar-refractivity contribution is 6.01. The number of aromatic nitrogens is 2. The second-order valence-corrected chi connectivity index (χ2v) is 8.39. The van der Waals surface area contributed by atoms with Crippen molar-refractivity contribution >= 4 is 23.7 Å². The Balaban J connectivity index is 1.40. The molecule has 1 aliphatic rings. The molecule has 34 heavy (non-hydrogen) atoms. The van der Waals surface area contributed by atoms with Crippen LogP contribution in [0.3, 0.4) is 0 Å². The Hall–Kier alpha value is -4.14. The van der Waals surface area contributed by atoms with Crippen molar-refractivity contribution in [1.82, 2.24) is 15.1 Å². The molecule has 0 saturated carbocycles. The molecule has 1 aromatic heterocycles. The Kier molecular flexibility index (Phi) is 6.62. The van der Waals surface area contributed by atoms with Crippen molar-refractivity contribution in [3.05, 3.63) is 71.5 Å². The maximum absolute atomic E-state index is 12.6. The molecule has 0 aliphatic heterocycles. The van der Waals surface area contributed by atoms with Crippen LogP contribution in [0.4, 0.5) is 10.5 Å². The lowest BCUT2D eigenvalue weighted by Gasteiger charge is -2.15. The number of amides is 2. The molecule has 0 fully saturated rings. The van der Waals surface area contributed by atoms with Gasteiger partial charge in [-0.25, -0.2) is 4.79 Å². The lowest BCUT2D eigenvalue weighted by Crippen LogP contribution is -2.31. The van der Waals surface area contributed by atoms with Gasteiger partial charge in [-0.2, -0.15) is 5.10 Å². The molecule has 0 radical (unpaired) electrons. The number of nitrogens with zero attached hydrogens (tertiary/aromatic N) is 2. The van der Waals surface area contributed by atoms with Crippen molar-refractivity contribution in [2.24, 2.45) is 13.0 Å². The fraction of sp³-hybridized carbons (Fsp3) is 0.280. The highest BCUT2D eigenvalue weighted by Gasteiger charge is 2.29. The first-order chi connectivity index (χ1) is 16.3. The molecule has 0 spiro atoms. The third-order valence-electron chi connectivity index (χ3n) is 5.87. The third-order valence-corrected chi connectivity index (χ3v) is 5.87. The standard InChI is InChI=1S/C25H26N4O5/c1-15(11-22(30)31)12-26-24(32)23-21(13-27-29(23)2)28-25(33)34-14-20-18-9-5-3-7-16(18)17-8-4-6-10-19(17)20/h3-10,13,15,20H,11-12,14H2,1-2H3,(H,26,32)(H,28,33)(H,30,31). The second-order valence-electron chi connectivity index (χ2n) is 8.39. The molecule has 1 unspecified atom stereocenters. The van der Waals surface area contributed by atoms with Crippen LogP contribution in [0.1, 0.15) is 40.9 Å². The van der Waals surface area contributed by atoms with Gasteiger partial charge in [0.05, 0.1) is 11.9 Å². The van der Waals surface area contributed by atoms with Gasteiger partial charge < -0.3 is 15.2 Å². The van der Waals surface area contributed by atoms with Gasteiger partial charge in [0.25, 0.3) is 5.91 Å². The van der Waals surface area contributed by atoms with E-state index >= 15 is 0 Å². The zero-order chi connectivity index (χ0) is 24.2. The summed E-state index contributed by atoms with van der Waals surface area (Å²) in [5.74, 6) is -1.72. The highest BCUT2D eigenvalue weighted by atomic mass is 16.5. The van der Waals surface area contributed by atoms with E-state index in [-0.39, 0.29) is 42.8 Å². The van der Waals surface area contributed by atoms with Crippen molar-refractivity contribution in [2.75, 3.05) is 18.5 Å². The molecule has 3 aromatic rings. The van der Waals surface area contributed by atoms with Crippen molar-refractivity contribution < 1.29 is 24.2 Å². The molecule has 9 nitrogen and oxygen atoms in total. The second kappa shape index (κ2) is 9.78. The summed E-state index contributed by atoms with van der Waals surface area (Å²) in [6, 6.07) is 16.1. The van der Waals surface area contributed by atoms with E-state index in [1.54, 1.807) is 14.0 Å². The minimum Gasteiger partial charge on any atom is -0.481 e. The molecule has 2 aromatic carbocycles. The number of ether oxygens (including phenoxy) is 1. The first-order valence-corrected chi connectivity index (χ1v) is 11.0. The number of benzene rings is 2. The number of anilines is 1. The molecule has 1 aliphatic carbocycles.